The van der Waals surface area contributed by atoms with E-state index in [1.54, 1.807) is 19.2 Å². The van der Waals surface area contributed by atoms with Crippen molar-refractivity contribution in [2.75, 3.05) is 13.7 Å². The minimum absolute atomic E-state index is 0.400. The molecule has 5 nitrogen and oxygen atoms in total. The molecule has 1 heterocycles. The van der Waals surface area contributed by atoms with E-state index in [0.717, 1.165) is 18.8 Å². The van der Waals surface area contributed by atoms with E-state index in [1.165, 1.54) is 7.11 Å². The molecule has 0 spiro atoms. The van der Waals surface area contributed by atoms with E-state index >= 15 is 0 Å². The number of ether oxygens (including phenoxy) is 2. The predicted molar refractivity (Wildman–Crippen MR) is 72.9 cm³/mol. The molecule has 0 fully saturated rings. The van der Waals surface area contributed by atoms with Crippen molar-refractivity contribution in [3.63, 3.8) is 0 Å². The van der Waals surface area contributed by atoms with Crippen LogP contribution in [0.4, 0.5) is 0 Å². The summed E-state index contributed by atoms with van der Waals surface area (Å²) in [5, 5.41) is 3.31. The number of carbonyl (C=O) groups excluding carboxylic acids is 1. The van der Waals surface area contributed by atoms with E-state index in [-0.39, 0.29) is 0 Å². The van der Waals surface area contributed by atoms with Crippen LogP contribution < -0.4 is 10.1 Å². The Labute approximate surface area is 114 Å². The first-order chi connectivity index (χ1) is 9.02. The number of esters is 1. The molecular weight excluding hydrogens is 244 g/mol. The van der Waals surface area contributed by atoms with Crippen LogP contribution in [0.3, 0.4) is 0 Å². The third kappa shape index (κ3) is 5.70. The van der Waals surface area contributed by atoms with Crippen molar-refractivity contribution in [1.82, 2.24) is 10.3 Å². The number of pyridine rings is 1. The van der Waals surface area contributed by atoms with Gasteiger partial charge in [-0.2, -0.15) is 0 Å². The van der Waals surface area contributed by atoms with Gasteiger partial charge in [0, 0.05) is 6.54 Å². The first-order valence-corrected chi connectivity index (χ1v) is 6.43. The molecule has 1 unspecified atom stereocenters. The summed E-state index contributed by atoms with van der Waals surface area (Å²) in [5.74, 6) is 0.775. The van der Waals surface area contributed by atoms with Crippen LogP contribution in [0.2, 0.25) is 0 Å². The maximum Gasteiger partial charge on any atom is 0.346 e. The van der Waals surface area contributed by atoms with Crippen molar-refractivity contribution in [1.29, 1.82) is 0 Å². The second kappa shape index (κ2) is 7.74. The van der Waals surface area contributed by atoms with Crippen molar-refractivity contribution in [2.45, 2.75) is 33.4 Å². The molecule has 0 aliphatic carbocycles. The number of carbonyl (C=O) groups is 1. The molecule has 0 saturated carbocycles. The summed E-state index contributed by atoms with van der Waals surface area (Å²) in [5.41, 5.74) is 0.943. The molecule has 1 N–H and O–H groups in total. The largest absolute Gasteiger partial charge is 0.477 e. The molecule has 0 saturated heterocycles. The van der Waals surface area contributed by atoms with Gasteiger partial charge in [0.05, 0.1) is 19.0 Å². The summed E-state index contributed by atoms with van der Waals surface area (Å²) >= 11 is 0. The van der Waals surface area contributed by atoms with Crippen molar-refractivity contribution in [3.8, 4) is 5.75 Å². The Morgan fingerprint density at radius 2 is 2.11 bits per heavy atom. The van der Waals surface area contributed by atoms with Crippen LogP contribution in [-0.4, -0.2) is 30.7 Å². The lowest BCUT2D eigenvalue weighted by atomic mass is 10.2. The maximum atomic E-state index is 11.2. The molecule has 1 aromatic rings. The average molecular weight is 266 g/mol. The second-order valence-corrected chi connectivity index (χ2v) is 4.79. The lowest BCUT2D eigenvalue weighted by Crippen LogP contribution is -2.25. The van der Waals surface area contributed by atoms with Crippen LogP contribution in [0.15, 0.2) is 18.3 Å². The molecule has 106 valence electrons. The number of hydrogen-bond acceptors (Lipinski definition) is 5. The van der Waals surface area contributed by atoms with E-state index < -0.39 is 12.1 Å². The second-order valence-electron chi connectivity index (χ2n) is 4.79. The maximum absolute atomic E-state index is 11.2. The summed E-state index contributed by atoms with van der Waals surface area (Å²) in [6.45, 7) is 7.64. The molecule has 0 aliphatic rings. The zero-order valence-electron chi connectivity index (χ0n) is 12.0. The van der Waals surface area contributed by atoms with Gasteiger partial charge in [0.25, 0.3) is 0 Å². The first kappa shape index (κ1) is 15.4. The highest BCUT2D eigenvalue weighted by atomic mass is 16.6. The van der Waals surface area contributed by atoms with Crippen LogP contribution in [0.25, 0.3) is 0 Å². The molecule has 0 bridgehead atoms. The first-order valence-electron chi connectivity index (χ1n) is 6.43. The van der Waals surface area contributed by atoms with Crippen LogP contribution in [-0.2, 0) is 16.1 Å². The van der Waals surface area contributed by atoms with Gasteiger partial charge >= 0.3 is 5.97 Å². The Bertz CT molecular complexity index is 390. The number of nitrogens with zero attached hydrogens (tertiary/aromatic N) is 1. The van der Waals surface area contributed by atoms with E-state index in [2.05, 4.69) is 28.9 Å². The van der Waals surface area contributed by atoms with Crippen LogP contribution >= 0.6 is 0 Å². The topological polar surface area (TPSA) is 60.5 Å². The highest BCUT2D eigenvalue weighted by Crippen LogP contribution is 2.11. The SMILES string of the molecule is COC(=O)C(C)Oc1ccc(CNCC(C)C)nc1. The third-order valence-electron chi connectivity index (χ3n) is 2.50. The number of hydrogen-bond donors (Lipinski definition) is 1. The van der Waals surface area contributed by atoms with Crippen molar-refractivity contribution >= 4 is 5.97 Å². The quantitative estimate of drug-likeness (QED) is 0.762. The van der Waals surface area contributed by atoms with E-state index in [1.807, 2.05) is 6.07 Å². The van der Waals surface area contributed by atoms with Crippen molar-refractivity contribution in [2.24, 2.45) is 5.92 Å². The van der Waals surface area contributed by atoms with Crippen LogP contribution in [0.5, 0.6) is 5.75 Å². The van der Waals surface area contributed by atoms with Gasteiger partial charge in [0.2, 0.25) is 0 Å². The fourth-order valence-corrected chi connectivity index (χ4v) is 1.49. The lowest BCUT2D eigenvalue weighted by Gasteiger charge is -2.12. The lowest BCUT2D eigenvalue weighted by molar-refractivity contribution is -0.147. The molecular formula is C14H22N2O3. The number of methoxy groups -OCH3 is 1. The van der Waals surface area contributed by atoms with Gasteiger partial charge < -0.3 is 14.8 Å². The summed E-state index contributed by atoms with van der Waals surface area (Å²) < 4.78 is 10.00. The van der Waals surface area contributed by atoms with Gasteiger partial charge in [-0.15, -0.1) is 0 Å². The summed E-state index contributed by atoms with van der Waals surface area (Å²) in [6, 6.07) is 3.69. The predicted octanol–water partition coefficient (Wildman–Crippen LogP) is 1.77. The zero-order valence-corrected chi connectivity index (χ0v) is 12.0. The Kier molecular flexibility index (Phi) is 6.29. The average Bonchev–Trinajstić information content (AvgIpc) is 2.39. The standard InChI is InChI=1S/C14H22N2O3/c1-10(2)7-15-8-12-5-6-13(9-16-12)19-11(3)14(17)18-4/h5-6,9-11,15H,7-8H2,1-4H3. The van der Waals surface area contributed by atoms with Gasteiger partial charge in [-0.05, 0) is 31.5 Å². The number of aromatic nitrogens is 1. The van der Waals surface area contributed by atoms with E-state index in [9.17, 15) is 4.79 Å². The normalized spacial score (nSPS) is 12.3. The highest BCUT2D eigenvalue weighted by molar-refractivity contribution is 5.74. The van der Waals surface area contributed by atoms with Crippen LogP contribution in [0.1, 0.15) is 26.5 Å². The molecule has 0 radical (unpaired) electrons. The Morgan fingerprint density at radius 3 is 2.63 bits per heavy atom. The number of nitrogens with one attached hydrogen (secondary N) is 1. The van der Waals surface area contributed by atoms with E-state index in [4.69, 9.17) is 4.74 Å². The van der Waals surface area contributed by atoms with E-state index in [0.29, 0.717) is 11.7 Å². The molecule has 0 aliphatic heterocycles. The third-order valence-corrected chi connectivity index (χ3v) is 2.50. The minimum atomic E-state index is -0.628. The Hall–Kier alpha value is -1.62. The van der Waals surface area contributed by atoms with Gasteiger partial charge in [-0.1, -0.05) is 13.8 Å². The minimum Gasteiger partial charge on any atom is -0.477 e. The number of rotatable bonds is 7. The Balaban J connectivity index is 2.45. The molecule has 19 heavy (non-hydrogen) atoms. The van der Waals surface area contributed by atoms with Gasteiger partial charge in [0.15, 0.2) is 6.10 Å². The fourth-order valence-electron chi connectivity index (χ4n) is 1.49. The summed E-state index contributed by atoms with van der Waals surface area (Å²) in [6.07, 6.45) is 0.989. The van der Waals surface area contributed by atoms with Crippen molar-refractivity contribution in [3.05, 3.63) is 24.0 Å². The van der Waals surface area contributed by atoms with Gasteiger partial charge in [0.1, 0.15) is 5.75 Å². The Morgan fingerprint density at radius 1 is 1.37 bits per heavy atom. The van der Waals surface area contributed by atoms with Gasteiger partial charge in [-0.3, -0.25) is 4.98 Å². The summed E-state index contributed by atoms with van der Waals surface area (Å²) in [7, 11) is 1.34. The van der Waals surface area contributed by atoms with Crippen LogP contribution in [0, 0.1) is 5.92 Å². The molecule has 1 atom stereocenters. The smallest absolute Gasteiger partial charge is 0.346 e. The molecule has 0 amide bonds. The van der Waals surface area contributed by atoms with Crippen molar-refractivity contribution < 1.29 is 14.3 Å². The highest BCUT2D eigenvalue weighted by Gasteiger charge is 2.14. The zero-order chi connectivity index (χ0) is 14.3. The molecule has 5 heteroatoms. The molecule has 0 aromatic carbocycles. The monoisotopic (exact) mass is 266 g/mol. The summed E-state index contributed by atoms with van der Waals surface area (Å²) in [4.78, 5) is 15.5. The fraction of sp³-hybridized carbons (Fsp3) is 0.571. The molecule has 1 rings (SSSR count). The molecule has 1 aromatic heterocycles. The van der Waals surface area contributed by atoms with Gasteiger partial charge in [-0.25, -0.2) is 4.79 Å².